The Balaban J connectivity index is 2.64. The molecule has 4 nitrogen and oxygen atoms in total. The molecule has 1 aromatic carbocycles. The molecule has 0 radical (unpaired) electrons. The van der Waals surface area contributed by atoms with E-state index in [0.29, 0.717) is 6.54 Å². The highest BCUT2D eigenvalue weighted by atomic mass is 16.6. The summed E-state index contributed by atoms with van der Waals surface area (Å²) in [6.07, 6.45) is 5.33. The summed E-state index contributed by atoms with van der Waals surface area (Å²) in [6.45, 7) is 4.39. The first-order chi connectivity index (χ1) is 7.44. The van der Waals surface area contributed by atoms with Crippen LogP contribution in [0, 0.1) is 22.5 Å². The lowest BCUT2D eigenvalue weighted by atomic mass is 10.1. The lowest BCUT2D eigenvalue weighted by Gasteiger charge is -2.19. The number of terminal acetylenes is 1. The van der Waals surface area contributed by atoms with E-state index in [0.717, 1.165) is 5.56 Å². The summed E-state index contributed by atoms with van der Waals surface area (Å²) in [5.74, 6) is 2.62. The monoisotopic (exact) mass is 218 g/mol. The maximum absolute atomic E-state index is 10.4. The van der Waals surface area contributed by atoms with Gasteiger partial charge in [0, 0.05) is 18.7 Å². The minimum Gasteiger partial charge on any atom is -0.298 e. The number of hydrogen-bond acceptors (Lipinski definition) is 3. The molecule has 1 rings (SSSR count). The topological polar surface area (TPSA) is 55.2 Å². The molecule has 0 saturated carbocycles. The fraction of sp³-hybridized carbons (Fsp3) is 0.333. The predicted octanol–water partition coefficient (Wildman–Crippen LogP) is 2.10. The molecule has 0 aliphatic carbocycles. The number of nitro groups is 1. The van der Waals surface area contributed by atoms with E-state index in [-0.39, 0.29) is 11.2 Å². The number of nitrogens with zero attached hydrogens (tertiary/aromatic N) is 1. The first-order valence-corrected chi connectivity index (χ1v) is 4.91. The quantitative estimate of drug-likeness (QED) is 0.478. The molecule has 0 heterocycles. The van der Waals surface area contributed by atoms with Gasteiger partial charge in [-0.15, -0.1) is 6.42 Å². The highest BCUT2D eigenvalue weighted by Crippen LogP contribution is 2.12. The SMILES string of the molecule is C#CC(C)(C)NCc1ccc([N+](=O)[O-])cc1. The van der Waals surface area contributed by atoms with Crippen molar-refractivity contribution in [2.75, 3.05) is 0 Å². The zero-order valence-electron chi connectivity index (χ0n) is 9.36. The molecule has 0 atom stereocenters. The van der Waals surface area contributed by atoms with Crippen LogP contribution in [0.4, 0.5) is 5.69 Å². The first-order valence-electron chi connectivity index (χ1n) is 4.91. The Labute approximate surface area is 94.8 Å². The number of nitro benzene ring substituents is 1. The fourth-order valence-electron chi connectivity index (χ4n) is 1.11. The summed E-state index contributed by atoms with van der Waals surface area (Å²) < 4.78 is 0. The number of rotatable bonds is 4. The second-order valence-corrected chi connectivity index (χ2v) is 4.05. The van der Waals surface area contributed by atoms with E-state index in [1.165, 1.54) is 12.1 Å². The number of nitrogens with one attached hydrogen (secondary N) is 1. The van der Waals surface area contributed by atoms with Gasteiger partial charge in [0.2, 0.25) is 0 Å². The van der Waals surface area contributed by atoms with Gasteiger partial charge in [-0.05, 0) is 19.4 Å². The van der Waals surface area contributed by atoms with Crippen molar-refractivity contribution in [1.29, 1.82) is 0 Å². The smallest absolute Gasteiger partial charge is 0.269 e. The second-order valence-electron chi connectivity index (χ2n) is 4.05. The van der Waals surface area contributed by atoms with Gasteiger partial charge in [0.25, 0.3) is 5.69 Å². The summed E-state index contributed by atoms with van der Waals surface area (Å²) in [7, 11) is 0. The zero-order chi connectivity index (χ0) is 12.2. The maximum atomic E-state index is 10.4. The van der Waals surface area contributed by atoms with Gasteiger partial charge in [0.15, 0.2) is 0 Å². The molecule has 0 spiro atoms. The highest BCUT2D eigenvalue weighted by Gasteiger charge is 2.12. The van der Waals surface area contributed by atoms with Crippen molar-refractivity contribution in [3.8, 4) is 12.3 Å². The number of hydrogen-bond donors (Lipinski definition) is 1. The van der Waals surface area contributed by atoms with Crippen LogP contribution < -0.4 is 5.32 Å². The van der Waals surface area contributed by atoms with E-state index >= 15 is 0 Å². The summed E-state index contributed by atoms with van der Waals surface area (Å²) in [5.41, 5.74) is 0.691. The molecule has 84 valence electrons. The minimum absolute atomic E-state index is 0.0972. The van der Waals surface area contributed by atoms with Crippen LogP contribution in [0.3, 0.4) is 0 Å². The van der Waals surface area contributed by atoms with Gasteiger partial charge in [-0.3, -0.25) is 15.4 Å². The third-order valence-corrected chi connectivity index (χ3v) is 2.24. The summed E-state index contributed by atoms with van der Waals surface area (Å²) in [6, 6.07) is 6.41. The Morgan fingerprint density at radius 2 is 2.00 bits per heavy atom. The molecular formula is C12H14N2O2. The minimum atomic E-state index is -0.414. The lowest BCUT2D eigenvalue weighted by Crippen LogP contribution is -2.36. The zero-order valence-corrected chi connectivity index (χ0v) is 9.36. The fourth-order valence-corrected chi connectivity index (χ4v) is 1.11. The first kappa shape index (κ1) is 12.2. The molecule has 0 aliphatic rings. The van der Waals surface area contributed by atoms with Gasteiger partial charge >= 0.3 is 0 Å². The van der Waals surface area contributed by atoms with Crippen LogP contribution in [0.15, 0.2) is 24.3 Å². The molecule has 0 bridgehead atoms. The normalized spacial score (nSPS) is 10.8. The molecule has 0 aliphatic heterocycles. The van der Waals surface area contributed by atoms with Crippen molar-refractivity contribution < 1.29 is 4.92 Å². The van der Waals surface area contributed by atoms with Gasteiger partial charge in [0.1, 0.15) is 0 Å². The average Bonchev–Trinajstić information content (AvgIpc) is 2.27. The average molecular weight is 218 g/mol. The van der Waals surface area contributed by atoms with Crippen LogP contribution in [-0.2, 0) is 6.54 Å². The maximum Gasteiger partial charge on any atom is 0.269 e. The van der Waals surface area contributed by atoms with E-state index < -0.39 is 4.92 Å². The van der Waals surface area contributed by atoms with E-state index in [4.69, 9.17) is 6.42 Å². The molecule has 0 unspecified atom stereocenters. The highest BCUT2D eigenvalue weighted by molar-refractivity contribution is 5.32. The van der Waals surface area contributed by atoms with Gasteiger partial charge in [0.05, 0.1) is 10.5 Å². The van der Waals surface area contributed by atoms with Crippen LogP contribution in [0.2, 0.25) is 0 Å². The van der Waals surface area contributed by atoms with Crippen LogP contribution in [-0.4, -0.2) is 10.5 Å². The Kier molecular flexibility index (Phi) is 3.64. The third-order valence-electron chi connectivity index (χ3n) is 2.24. The van der Waals surface area contributed by atoms with Gasteiger partial charge in [-0.1, -0.05) is 18.1 Å². The van der Waals surface area contributed by atoms with Crippen molar-refractivity contribution in [1.82, 2.24) is 5.32 Å². The van der Waals surface area contributed by atoms with Crippen LogP contribution in [0.1, 0.15) is 19.4 Å². The van der Waals surface area contributed by atoms with Crippen LogP contribution >= 0.6 is 0 Å². The lowest BCUT2D eigenvalue weighted by molar-refractivity contribution is -0.384. The molecule has 1 aromatic rings. The molecule has 0 aromatic heterocycles. The van der Waals surface area contributed by atoms with Crippen molar-refractivity contribution in [2.24, 2.45) is 0 Å². The van der Waals surface area contributed by atoms with Gasteiger partial charge < -0.3 is 0 Å². The van der Waals surface area contributed by atoms with Gasteiger partial charge in [-0.2, -0.15) is 0 Å². The molecule has 16 heavy (non-hydrogen) atoms. The Bertz CT molecular complexity index is 416. The number of benzene rings is 1. The molecule has 4 heteroatoms. The van der Waals surface area contributed by atoms with Crippen molar-refractivity contribution in [3.63, 3.8) is 0 Å². The molecule has 0 saturated heterocycles. The van der Waals surface area contributed by atoms with E-state index in [1.807, 2.05) is 13.8 Å². The van der Waals surface area contributed by atoms with E-state index in [1.54, 1.807) is 12.1 Å². The Morgan fingerprint density at radius 1 is 1.44 bits per heavy atom. The van der Waals surface area contributed by atoms with E-state index in [9.17, 15) is 10.1 Å². The molecular weight excluding hydrogens is 204 g/mol. The Morgan fingerprint density at radius 3 is 2.44 bits per heavy atom. The van der Waals surface area contributed by atoms with E-state index in [2.05, 4.69) is 11.2 Å². The third kappa shape index (κ3) is 3.37. The Hall–Kier alpha value is -1.86. The second kappa shape index (κ2) is 4.77. The molecule has 1 N–H and O–H groups in total. The standard InChI is InChI=1S/C12H14N2O2/c1-4-12(2,3)13-9-10-5-7-11(8-6-10)14(15)16/h1,5-8,13H,9H2,2-3H3. The van der Waals surface area contributed by atoms with Crippen LogP contribution in [0.5, 0.6) is 0 Å². The summed E-state index contributed by atoms with van der Waals surface area (Å²) in [4.78, 5) is 10.0. The van der Waals surface area contributed by atoms with Crippen molar-refractivity contribution >= 4 is 5.69 Å². The predicted molar refractivity (Wildman–Crippen MR) is 62.8 cm³/mol. The van der Waals surface area contributed by atoms with Crippen molar-refractivity contribution in [3.05, 3.63) is 39.9 Å². The largest absolute Gasteiger partial charge is 0.298 e. The van der Waals surface area contributed by atoms with Crippen LogP contribution in [0.25, 0.3) is 0 Å². The molecule has 0 fully saturated rings. The number of non-ortho nitro benzene ring substituents is 1. The van der Waals surface area contributed by atoms with Gasteiger partial charge in [-0.25, -0.2) is 0 Å². The van der Waals surface area contributed by atoms with Crippen molar-refractivity contribution in [2.45, 2.75) is 25.9 Å². The summed E-state index contributed by atoms with van der Waals surface area (Å²) in [5, 5.41) is 13.6. The summed E-state index contributed by atoms with van der Waals surface area (Å²) >= 11 is 0. The molecule has 0 amide bonds.